The molecular weight excluding hydrogens is 100 g/mol. The van der Waals surface area contributed by atoms with Crippen LogP contribution in [-0.4, -0.2) is 6.72 Å². The van der Waals surface area contributed by atoms with E-state index in [0.717, 1.165) is 5.70 Å². The summed E-state index contributed by atoms with van der Waals surface area (Å²) >= 11 is 0. The number of nitrogens with two attached hydrogens (primary N) is 1. The minimum Gasteiger partial charge on any atom is -0.399 e. The Kier molecular flexibility index (Phi) is 3.58. The van der Waals surface area contributed by atoms with Gasteiger partial charge >= 0.3 is 0 Å². The molecule has 0 aliphatic rings. The second-order valence-corrected chi connectivity index (χ2v) is 1.33. The highest BCUT2D eigenvalue weighted by Gasteiger charge is 1.74. The van der Waals surface area contributed by atoms with Crippen molar-refractivity contribution in [3.8, 4) is 0 Å². The second kappa shape index (κ2) is 4.12. The van der Waals surface area contributed by atoms with Gasteiger partial charge in [0.15, 0.2) is 6.20 Å². The van der Waals surface area contributed by atoms with Gasteiger partial charge in [0.1, 0.15) is 6.72 Å². The van der Waals surface area contributed by atoms with Crippen LogP contribution in [0.1, 0.15) is 6.92 Å². The van der Waals surface area contributed by atoms with Gasteiger partial charge in [0, 0.05) is 11.8 Å². The van der Waals surface area contributed by atoms with Crippen molar-refractivity contribution < 1.29 is 4.99 Å². The summed E-state index contributed by atoms with van der Waals surface area (Å²) in [5, 5.41) is 0. The van der Waals surface area contributed by atoms with Crippen LogP contribution in [0.25, 0.3) is 0 Å². The molecule has 0 unspecified atom stereocenters. The van der Waals surface area contributed by atoms with E-state index in [1.165, 1.54) is 0 Å². The van der Waals surface area contributed by atoms with Gasteiger partial charge in [-0.15, -0.1) is 0 Å². The average molecular weight is 111 g/mol. The minimum atomic E-state index is 0.737. The molecule has 0 saturated heterocycles. The van der Waals surface area contributed by atoms with E-state index in [2.05, 4.69) is 11.7 Å². The van der Waals surface area contributed by atoms with E-state index in [-0.39, 0.29) is 0 Å². The summed E-state index contributed by atoms with van der Waals surface area (Å²) in [5.41, 5.74) is 6.10. The molecule has 0 fully saturated rings. The van der Waals surface area contributed by atoms with Crippen molar-refractivity contribution in [1.29, 1.82) is 0 Å². The van der Waals surface area contributed by atoms with Crippen LogP contribution in [0.15, 0.2) is 24.0 Å². The largest absolute Gasteiger partial charge is 0.399 e. The first-order valence-electron chi connectivity index (χ1n) is 2.42. The zero-order chi connectivity index (χ0) is 6.41. The van der Waals surface area contributed by atoms with Crippen molar-refractivity contribution in [3.63, 3.8) is 0 Å². The third-order valence-corrected chi connectivity index (χ3v) is 0.727. The topological polar surface area (TPSA) is 40.0 Å². The minimum absolute atomic E-state index is 0.737. The lowest BCUT2D eigenvalue weighted by Gasteiger charge is -1.81. The van der Waals surface area contributed by atoms with E-state index in [1.807, 2.05) is 13.0 Å². The number of allylic oxidation sites excluding steroid dienone is 2. The molecule has 2 nitrogen and oxygen atoms in total. The van der Waals surface area contributed by atoms with E-state index >= 15 is 0 Å². The molecular formula is C6H11N2+. The summed E-state index contributed by atoms with van der Waals surface area (Å²) in [5.74, 6) is 0. The summed E-state index contributed by atoms with van der Waals surface area (Å²) < 4.78 is 0. The molecule has 0 heterocycles. The van der Waals surface area contributed by atoms with E-state index in [4.69, 9.17) is 5.73 Å². The fourth-order valence-electron chi connectivity index (χ4n) is 0.251. The molecule has 8 heavy (non-hydrogen) atoms. The van der Waals surface area contributed by atoms with Crippen LogP contribution >= 0.6 is 0 Å². The monoisotopic (exact) mass is 111 g/mol. The Bertz CT molecular complexity index is 122. The number of rotatable bonds is 2. The maximum Gasteiger partial charge on any atom is 0.168 e. The van der Waals surface area contributed by atoms with Gasteiger partial charge in [-0.1, -0.05) is 6.08 Å². The highest BCUT2D eigenvalue weighted by atomic mass is 14.6. The summed E-state index contributed by atoms with van der Waals surface area (Å²) in [6, 6.07) is 0. The molecule has 3 N–H and O–H groups in total. The third kappa shape index (κ3) is 3.15. The van der Waals surface area contributed by atoms with Crippen LogP contribution in [0.4, 0.5) is 0 Å². The maximum absolute atomic E-state index is 5.37. The van der Waals surface area contributed by atoms with Crippen LogP contribution in [0, 0.1) is 0 Å². The Labute approximate surface area is 49.4 Å². The lowest BCUT2D eigenvalue weighted by Crippen LogP contribution is -2.57. The van der Waals surface area contributed by atoms with E-state index < -0.39 is 0 Å². The summed E-state index contributed by atoms with van der Waals surface area (Å²) in [6.07, 6.45) is 5.23. The van der Waals surface area contributed by atoms with Crippen molar-refractivity contribution >= 4 is 6.72 Å². The molecule has 0 amide bonds. The van der Waals surface area contributed by atoms with E-state index in [9.17, 15) is 0 Å². The van der Waals surface area contributed by atoms with E-state index in [1.54, 1.807) is 12.3 Å². The Balaban J connectivity index is 3.69. The second-order valence-electron chi connectivity index (χ2n) is 1.33. The molecule has 0 aromatic carbocycles. The smallest absolute Gasteiger partial charge is 0.168 e. The van der Waals surface area contributed by atoms with E-state index in [0.29, 0.717) is 0 Å². The molecule has 0 atom stereocenters. The van der Waals surface area contributed by atoms with Crippen molar-refractivity contribution in [2.24, 2.45) is 5.73 Å². The molecule has 2 heteroatoms. The van der Waals surface area contributed by atoms with Crippen LogP contribution in [0.2, 0.25) is 0 Å². The lowest BCUT2D eigenvalue weighted by atomic mass is 10.4. The van der Waals surface area contributed by atoms with Crippen molar-refractivity contribution in [2.45, 2.75) is 6.92 Å². The fourth-order valence-corrected chi connectivity index (χ4v) is 0.251. The van der Waals surface area contributed by atoms with Crippen LogP contribution < -0.4 is 10.7 Å². The number of hydrogen-bond donors (Lipinski definition) is 2. The molecule has 0 radical (unpaired) electrons. The number of hydrogen-bond acceptors (Lipinski definition) is 1. The molecule has 0 aromatic rings. The predicted octanol–water partition coefficient (Wildman–Crippen LogP) is -0.856. The van der Waals surface area contributed by atoms with Gasteiger partial charge in [0.25, 0.3) is 0 Å². The van der Waals surface area contributed by atoms with Gasteiger partial charge in [-0.3, -0.25) is 0 Å². The van der Waals surface area contributed by atoms with Gasteiger partial charge in [-0.05, 0) is 6.92 Å². The maximum atomic E-state index is 5.37. The Morgan fingerprint density at radius 1 is 1.75 bits per heavy atom. The zero-order valence-corrected chi connectivity index (χ0v) is 5.02. The quantitative estimate of drug-likeness (QED) is 0.353. The van der Waals surface area contributed by atoms with Gasteiger partial charge < -0.3 is 5.73 Å². The third-order valence-electron chi connectivity index (χ3n) is 0.727. The molecule has 0 spiro atoms. The van der Waals surface area contributed by atoms with Crippen LogP contribution in [0.3, 0.4) is 0 Å². The Morgan fingerprint density at radius 3 is 2.75 bits per heavy atom. The first-order valence-corrected chi connectivity index (χ1v) is 2.42. The zero-order valence-electron chi connectivity index (χ0n) is 5.02. The Morgan fingerprint density at radius 2 is 2.38 bits per heavy atom. The summed E-state index contributed by atoms with van der Waals surface area (Å²) in [6.45, 7) is 5.25. The van der Waals surface area contributed by atoms with Crippen molar-refractivity contribution in [3.05, 3.63) is 24.0 Å². The molecule has 44 valence electrons. The first kappa shape index (κ1) is 6.95. The predicted molar refractivity (Wildman–Crippen MR) is 35.2 cm³/mol. The number of nitrogens with one attached hydrogen (secondary N) is 1. The molecule has 0 aliphatic carbocycles. The van der Waals surface area contributed by atoms with Gasteiger partial charge in [0.05, 0.1) is 0 Å². The van der Waals surface area contributed by atoms with Crippen LogP contribution in [-0.2, 0) is 0 Å². The normalized spacial score (nSPS) is 12.4. The molecule has 0 aromatic heterocycles. The lowest BCUT2D eigenvalue weighted by molar-refractivity contribution is -0.361. The SMILES string of the molecule is C=[NH+]C=CC(N)=CC. The Hall–Kier alpha value is -1.05. The van der Waals surface area contributed by atoms with Crippen LogP contribution in [0.5, 0.6) is 0 Å². The van der Waals surface area contributed by atoms with Gasteiger partial charge in [0.2, 0.25) is 0 Å². The molecule has 0 aliphatic heterocycles. The summed E-state index contributed by atoms with van der Waals surface area (Å²) in [4.78, 5) is 2.58. The average Bonchev–Trinajstić information content (AvgIpc) is 1.83. The van der Waals surface area contributed by atoms with Crippen molar-refractivity contribution in [1.82, 2.24) is 0 Å². The molecule has 0 rings (SSSR count). The highest BCUT2D eigenvalue weighted by Crippen LogP contribution is 1.79. The molecule has 0 bridgehead atoms. The highest BCUT2D eigenvalue weighted by molar-refractivity contribution is 5.15. The standard InChI is InChI=1S/C6H10N2/c1-3-6(7)4-5-8-2/h3-5H,2,7H2,1H3/p+1. The molecule has 0 saturated carbocycles. The first-order chi connectivity index (χ1) is 3.81. The van der Waals surface area contributed by atoms with Crippen molar-refractivity contribution in [2.75, 3.05) is 0 Å². The summed E-state index contributed by atoms with van der Waals surface area (Å²) in [7, 11) is 0. The van der Waals surface area contributed by atoms with Gasteiger partial charge in [-0.2, -0.15) is 0 Å². The fraction of sp³-hybridized carbons (Fsp3) is 0.167. The van der Waals surface area contributed by atoms with Gasteiger partial charge in [-0.25, -0.2) is 4.99 Å².